The SMILES string of the molecule is CCCN(CC(=O)O)c1nccc(C)c1C(N)=O. The number of aryl methyl sites for hydroxylation is 1. The van der Waals surface area contributed by atoms with Crippen LogP contribution in [0.4, 0.5) is 5.82 Å². The molecule has 0 aliphatic carbocycles. The molecule has 0 atom stereocenters. The smallest absolute Gasteiger partial charge is 0.323 e. The molecular weight excluding hydrogens is 234 g/mol. The van der Waals surface area contributed by atoms with Crippen LogP contribution < -0.4 is 10.6 Å². The Morgan fingerprint density at radius 2 is 2.17 bits per heavy atom. The molecule has 1 amide bonds. The van der Waals surface area contributed by atoms with Crippen LogP contribution in [0, 0.1) is 6.92 Å². The number of carbonyl (C=O) groups excluding carboxylic acids is 1. The number of anilines is 1. The van der Waals surface area contributed by atoms with Crippen molar-refractivity contribution in [3.63, 3.8) is 0 Å². The van der Waals surface area contributed by atoms with Crippen LogP contribution in [0.1, 0.15) is 29.3 Å². The number of hydrogen-bond acceptors (Lipinski definition) is 4. The van der Waals surface area contributed by atoms with Crippen LogP contribution in [-0.4, -0.2) is 35.1 Å². The lowest BCUT2D eigenvalue weighted by atomic mass is 10.1. The van der Waals surface area contributed by atoms with Crippen molar-refractivity contribution < 1.29 is 14.7 Å². The largest absolute Gasteiger partial charge is 0.480 e. The van der Waals surface area contributed by atoms with E-state index in [0.29, 0.717) is 17.9 Å². The fourth-order valence-corrected chi connectivity index (χ4v) is 1.78. The zero-order valence-electron chi connectivity index (χ0n) is 10.5. The summed E-state index contributed by atoms with van der Waals surface area (Å²) in [5.41, 5.74) is 6.31. The zero-order chi connectivity index (χ0) is 13.7. The van der Waals surface area contributed by atoms with E-state index >= 15 is 0 Å². The predicted molar refractivity (Wildman–Crippen MR) is 67.6 cm³/mol. The Bertz CT molecular complexity index is 460. The summed E-state index contributed by atoms with van der Waals surface area (Å²) in [4.78, 5) is 27.9. The highest BCUT2D eigenvalue weighted by atomic mass is 16.4. The topological polar surface area (TPSA) is 96.5 Å². The number of aromatic nitrogens is 1. The lowest BCUT2D eigenvalue weighted by Gasteiger charge is -2.23. The Morgan fingerprint density at radius 3 is 2.67 bits per heavy atom. The van der Waals surface area contributed by atoms with Crippen LogP contribution in [0.15, 0.2) is 12.3 Å². The molecule has 0 unspecified atom stereocenters. The van der Waals surface area contributed by atoms with E-state index in [4.69, 9.17) is 10.8 Å². The summed E-state index contributed by atoms with van der Waals surface area (Å²) in [5.74, 6) is -1.23. The van der Waals surface area contributed by atoms with Gasteiger partial charge >= 0.3 is 5.97 Å². The van der Waals surface area contributed by atoms with Crippen LogP contribution in [0.25, 0.3) is 0 Å². The third-order valence-corrected chi connectivity index (χ3v) is 2.50. The highest BCUT2D eigenvalue weighted by Crippen LogP contribution is 2.20. The van der Waals surface area contributed by atoms with Gasteiger partial charge in [0.15, 0.2) is 0 Å². The number of carboxylic acids is 1. The van der Waals surface area contributed by atoms with Gasteiger partial charge in [0.1, 0.15) is 12.4 Å². The molecule has 0 aliphatic rings. The summed E-state index contributed by atoms with van der Waals surface area (Å²) < 4.78 is 0. The van der Waals surface area contributed by atoms with Crippen LogP contribution in [0.2, 0.25) is 0 Å². The van der Waals surface area contributed by atoms with E-state index < -0.39 is 11.9 Å². The number of nitrogens with two attached hydrogens (primary N) is 1. The van der Waals surface area contributed by atoms with Crippen molar-refractivity contribution in [2.45, 2.75) is 20.3 Å². The van der Waals surface area contributed by atoms with Gasteiger partial charge in [-0.1, -0.05) is 6.92 Å². The summed E-state index contributed by atoms with van der Waals surface area (Å²) in [6, 6.07) is 1.68. The average molecular weight is 251 g/mol. The maximum Gasteiger partial charge on any atom is 0.323 e. The molecule has 3 N–H and O–H groups in total. The molecule has 6 nitrogen and oxygen atoms in total. The number of rotatable bonds is 6. The number of carboxylic acid groups (broad SMARTS) is 1. The lowest BCUT2D eigenvalue weighted by molar-refractivity contribution is -0.135. The van der Waals surface area contributed by atoms with Crippen molar-refractivity contribution in [2.24, 2.45) is 5.73 Å². The van der Waals surface area contributed by atoms with Crippen molar-refractivity contribution in [2.75, 3.05) is 18.0 Å². The summed E-state index contributed by atoms with van der Waals surface area (Å²) in [6.07, 6.45) is 2.29. The first-order valence-electron chi connectivity index (χ1n) is 5.69. The standard InChI is InChI=1S/C12H17N3O3/c1-3-6-15(7-9(16)17)12-10(11(13)18)8(2)4-5-14-12/h4-5H,3,6-7H2,1-2H3,(H2,13,18)(H,16,17). The molecule has 0 bridgehead atoms. The summed E-state index contributed by atoms with van der Waals surface area (Å²) in [6.45, 7) is 3.97. The van der Waals surface area contributed by atoms with Crippen molar-refractivity contribution >= 4 is 17.7 Å². The van der Waals surface area contributed by atoms with Crippen LogP contribution in [-0.2, 0) is 4.79 Å². The molecular formula is C12H17N3O3. The van der Waals surface area contributed by atoms with Gasteiger partial charge < -0.3 is 15.7 Å². The second-order valence-corrected chi connectivity index (χ2v) is 4.01. The molecule has 0 aliphatic heterocycles. The zero-order valence-corrected chi connectivity index (χ0v) is 10.5. The third kappa shape index (κ3) is 3.19. The quantitative estimate of drug-likeness (QED) is 0.779. The van der Waals surface area contributed by atoms with Gasteiger partial charge in [0.2, 0.25) is 0 Å². The first-order valence-corrected chi connectivity index (χ1v) is 5.69. The van der Waals surface area contributed by atoms with Gasteiger partial charge in [-0.25, -0.2) is 4.98 Å². The van der Waals surface area contributed by atoms with Crippen molar-refractivity contribution in [1.29, 1.82) is 0 Å². The fourth-order valence-electron chi connectivity index (χ4n) is 1.78. The van der Waals surface area contributed by atoms with Crippen LogP contribution in [0.5, 0.6) is 0 Å². The second kappa shape index (κ2) is 6.00. The van der Waals surface area contributed by atoms with Crippen LogP contribution >= 0.6 is 0 Å². The predicted octanol–water partition coefficient (Wildman–Crippen LogP) is 0.790. The van der Waals surface area contributed by atoms with E-state index in [1.165, 1.54) is 0 Å². The molecule has 0 fully saturated rings. The summed E-state index contributed by atoms with van der Waals surface area (Å²) >= 11 is 0. The molecule has 1 aromatic rings. The number of primary amides is 1. The van der Waals surface area contributed by atoms with Crippen molar-refractivity contribution in [3.05, 3.63) is 23.4 Å². The van der Waals surface area contributed by atoms with E-state index in [-0.39, 0.29) is 12.1 Å². The minimum Gasteiger partial charge on any atom is -0.480 e. The molecule has 0 aromatic carbocycles. The van der Waals surface area contributed by atoms with Gasteiger partial charge in [0.05, 0.1) is 5.56 Å². The van der Waals surface area contributed by atoms with Gasteiger partial charge in [-0.05, 0) is 25.0 Å². The molecule has 6 heteroatoms. The Hall–Kier alpha value is -2.11. The highest BCUT2D eigenvalue weighted by Gasteiger charge is 2.19. The third-order valence-electron chi connectivity index (χ3n) is 2.50. The van der Waals surface area contributed by atoms with E-state index in [2.05, 4.69) is 4.98 Å². The lowest BCUT2D eigenvalue weighted by Crippen LogP contribution is -2.33. The molecule has 1 aromatic heterocycles. The molecule has 0 spiro atoms. The first kappa shape index (κ1) is 14.0. The Labute approximate surface area is 105 Å². The molecule has 0 radical (unpaired) electrons. The molecule has 1 rings (SSSR count). The summed E-state index contributed by atoms with van der Waals surface area (Å²) in [7, 11) is 0. The Morgan fingerprint density at radius 1 is 1.50 bits per heavy atom. The number of pyridine rings is 1. The number of hydrogen-bond donors (Lipinski definition) is 2. The highest BCUT2D eigenvalue weighted by molar-refractivity contribution is 5.99. The monoisotopic (exact) mass is 251 g/mol. The molecule has 18 heavy (non-hydrogen) atoms. The maximum absolute atomic E-state index is 11.4. The van der Waals surface area contributed by atoms with Gasteiger partial charge in [0.25, 0.3) is 5.91 Å². The summed E-state index contributed by atoms with van der Waals surface area (Å²) in [5, 5.41) is 8.89. The molecule has 0 saturated heterocycles. The Balaban J connectivity index is 3.22. The number of nitrogens with zero attached hydrogens (tertiary/aromatic N) is 2. The number of carbonyl (C=O) groups is 2. The van der Waals surface area contributed by atoms with Crippen molar-refractivity contribution in [3.8, 4) is 0 Å². The number of amides is 1. The first-order chi connectivity index (χ1) is 8.47. The average Bonchev–Trinajstić information content (AvgIpc) is 2.27. The van der Waals surface area contributed by atoms with E-state index in [9.17, 15) is 9.59 Å². The fraction of sp³-hybridized carbons (Fsp3) is 0.417. The Kier molecular flexibility index (Phi) is 4.65. The van der Waals surface area contributed by atoms with Crippen molar-refractivity contribution in [1.82, 2.24) is 4.98 Å². The second-order valence-electron chi connectivity index (χ2n) is 4.01. The molecule has 98 valence electrons. The molecule has 1 heterocycles. The van der Waals surface area contributed by atoms with E-state index in [0.717, 1.165) is 6.42 Å². The van der Waals surface area contributed by atoms with Crippen LogP contribution in [0.3, 0.4) is 0 Å². The molecule has 0 saturated carbocycles. The van der Waals surface area contributed by atoms with Gasteiger partial charge in [-0.15, -0.1) is 0 Å². The maximum atomic E-state index is 11.4. The normalized spacial score (nSPS) is 10.1. The van der Waals surface area contributed by atoms with E-state index in [1.54, 1.807) is 24.1 Å². The van der Waals surface area contributed by atoms with Gasteiger partial charge in [-0.2, -0.15) is 0 Å². The van der Waals surface area contributed by atoms with Gasteiger partial charge in [0, 0.05) is 12.7 Å². The minimum atomic E-state index is -0.970. The van der Waals surface area contributed by atoms with E-state index in [1.807, 2.05) is 6.92 Å². The van der Waals surface area contributed by atoms with Gasteiger partial charge in [-0.3, -0.25) is 9.59 Å². The minimum absolute atomic E-state index is 0.204. The number of aliphatic carboxylic acids is 1.